The first-order valence-corrected chi connectivity index (χ1v) is 4.64. The Balaban J connectivity index is 1.80. The van der Waals surface area contributed by atoms with Gasteiger partial charge in [0.2, 0.25) is 0 Å². The van der Waals surface area contributed by atoms with E-state index in [4.69, 9.17) is 0 Å². The number of rotatable bonds is 4. The van der Waals surface area contributed by atoms with Crippen LogP contribution >= 0.6 is 0 Å². The van der Waals surface area contributed by atoms with E-state index in [9.17, 15) is 0 Å². The second kappa shape index (κ2) is 4.18. The second-order valence-electron chi connectivity index (χ2n) is 3.32. The Bertz CT molecular complexity index is 389. The highest BCUT2D eigenvalue weighted by Gasteiger charge is 2.00. The molecule has 2 aromatic rings. The average molecular weight is 207 g/mol. The molecule has 0 saturated carbocycles. The van der Waals surface area contributed by atoms with Crippen molar-refractivity contribution in [1.29, 1.82) is 0 Å². The Morgan fingerprint density at radius 3 is 2.73 bits per heavy atom. The number of hydrogen-bond acceptors (Lipinski definition) is 5. The largest absolute Gasteiger partial charge is 0.304 e. The topological polar surface area (TPSA) is 73.5 Å². The van der Waals surface area contributed by atoms with Gasteiger partial charge >= 0.3 is 0 Å². The molecule has 0 amide bonds. The molecule has 0 radical (unpaired) electrons. The lowest BCUT2D eigenvalue weighted by Crippen LogP contribution is -2.14. The molecule has 2 heterocycles. The van der Waals surface area contributed by atoms with Crippen molar-refractivity contribution in [3.8, 4) is 0 Å². The molecule has 0 saturated heterocycles. The molecular formula is C8H13N7. The molecule has 0 aliphatic rings. The molecule has 15 heavy (non-hydrogen) atoms. The van der Waals surface area contributed by atoms with E-state index in [1.807, 2.05) is 20.3 Å². The monoisotopic (exact) mass is 207 g/mol. The van der Waals surface area contributed by atoms with Crippen molar-refractivity contribution in [3.63, 3.8) is 0 Å². The lowest BCUT2D eigenvalue weighted by atomic mass is 10.4. The summed E-state index contributed by atoms with van der Waals surface area (Å²) >= 11 is 0. The quantitative estimate of drug-likeness (QED) is 0.713. The van der Waals surface area contributed by atoms with Crippen molar-refractivity contribution in [2.45, 2.75) is 13.1 Å². The minimum absolute atomic E-state index is 0.636. The fraction of sp³-hybridized carbons (Fsp3) is 0.500. The summed E-state index contributed by atoms with van der Waals surface area (Å²) in [5.74, 6) is 0.779. The van der Waals surface area contributed by atoms with Gasteiger partial charge in [-0.2, -0.15) is 5.10 Å². The lowest BCUT2D eigenvalue weighted by Gasteiger charge is -1.97. The summed E-state index contributed by atoms with van der Waals surface area (Å²) in [6.45, 7) is 1.31. The van der Waals surface area contributed by atoms with Crippen LogP contribution in [0.2, 0.25) is 0 Å². The number of aryl methyl sites for hydroxylation is 2. The first kappa shape index (κ1) is 9.78. The normalized spacial score (nSPS) is 10.8. The summed E-state index contributed by atoms with van der Waals surface area (Å²) in [5.41, 5.74) is 0.911. The van der Waals surface area contributed by atoms with Gasteiger partial charge < -0.3 is 5.32 Å². The van der Waals surface area contributed by atoms with Gasteiger partial charge in [0, 0.05) is 26.8 Å². The van der Waals surface area contributed by atoms with E-state index >= 15 is 0 Å². The van der Waals surface area contributed by atoms with Crippen molar-refractivity contribution in [3.05, 3.63) is 24.0 Å². The van der Waals surface area contributed by atoms with Crippen molar-refractivity contribution in [1.82, 2.24) is 35.1 Å². The summed E-state index contributed by atoms with van der Waals surface area (Å²) < 4.78 is 3.36. The van der Waals surface area contributed by atoms with Gasteiger partial charge in [0.15, 0.2) is 5.82 Å². The van der Waals surface area contributed by atoms with Gasteiger partial charge in [-0.15, -0.1) is 5.10 Å². The summed E-state index contributed by atoms with van der Waals surface area (Å²) in [4.78, 5) is 4.10. The van der Waals surface area contributed by atoms with E-state index in [0.29, 0.717) is 13.1 Å². The Kier molecular flexibility index (Phi) is 2.72. The lowest BCUT2D eigenvalue weighted by molar-refractivity contribution is 0.638. The molecule has 0 spiro atoms. The fourth-order valence-corrected chi connectivity index (χ4v) is 1.24. The second-order valence-corrected chi connectivity index (χ2v) is 3.32. The first-order valence-electron chi connectivity index (χ1n) is 4.64. The molecule has 0 aromatic carbocycles. The van der Waals surface area contributed by atoms with E-state index in [0.717, 1.165) is 11.5 Å². The Hall–Kier alpha value is -1.76. The Morgan fingerprint density at radius 1 is 1.27 bits per heavy atom. The highest BCUT2D eigenvalue weighted by molar-refractivity contribution is 4.91. The predicted molar refractivity (Wildman–Crippen MR) is 52.5 cm³/mol. The van der Waals surface area contributed by atoms with Crippen LogP contribution in [-0.2, 0) is 27.2 Å². The SMILES string of the molecule is Cn1cc(CNCc2ncn(C)n2)nn1. The van der Waals surface area contributed by atoms with E-state index < -0.39 is 0 Å². The number of hydrogen-bond donors (Lipinski definition) is 1. The molecule has 1 N–H and O–H groups in total. The molecule has 2 aromatic heterocycles. The summed E-state index contributed by atoms with van der Waals surface area (Å²) in [5, 5.41) is 15.1. The fourth-order valence-electron chi connectivity index (χ4n) is 1.24. The molecule has 0 bridgehead atoms. The maximum Gasteiger partial charge on any atom is 0.164 e. The molecular weight excluding hydrogens is 194 g/mol. The van der Waals surface area contributed by atoms with Gasteiger partial charge in [-0.05, 0) is 0 Å². The number of nitrogens with zero attached hydrogens (tertiary/aromatic N) is 6. The smallest absolute Gasteiger partial charge is 0.164 e. The van der Waals surface area contributed by atoms with Gasteiger partial charge in [-0.25, -0.2) is 4.98 Å². The molecule has 0 aliphatic heterocycles. The van der Waals surface area contributed by atoms with Crippen LogP contribution in [0.3, 0.4) is 0 Å². The molecule has 0 atom stereocenters. The third-order valence-electron chi connectivity index (χ3n) is 1.89. The number of nitrogens with one attached hydrogen (secondary N) is 1. The van der Waals surface area contributed by atoms with Crippen LogP contribution < -0.4 is 5.32 Å². The van der Waals surface area contributed by atoms with Gasteiger partial charge in [0.05, 0.1) is 12.2 Å². The van der Waals surface area contributed by atoms with Crippen molar-refractivity contribution in [2.75, 3.05) is 0 Å². The van der Waals surface area contributed by atoms with E-state index in [-0.39, 0.29) is 0 Å². The molecule has 0 unspecified atom stereocenters. The zero-order valence-electron chi connectivity index (χ0n) is 8.75. The average Bonchev–Trinajstić information content (AvgIpc) is 2.76. The standard InChI is InChI=1S/C8H13N7/c1-14-5-7(11-13-14)3-9-4-8-10-6-15(2)12-8/h5-6,9H,3-4H2,1-2H3. The molecule has 0 aliphatic carbocycles. The summed E-state index contributed by atoms with van der Waals surface area (Å²) in [6, 6.07) is 0. The minimum Gasteiger partial charge on any atom is -0.304 e. The van der Waals surface area contributed by atoms with E-state index in [1.165, 1.54) is 0 Å². The van der Waals surface area contributed by atoms with Crippen LogP contribution in [0, 0.1) is 0 Å². The Labute approximate surface area is 87.1 Å². The van der Waals surface area contributed by atoms with E-state index in [2.05, 4.69) is 25.7 Å². The first-order chi connectivity index (χ1) is 7.24. The van der Waals surface area contributed by atoms with Crippen LogP contribution in [0.4, 0.5) is 0 Å². The van der Waals surface area contributed by atoms with Crippen LogP contribution in [0.15, 0.2) is 12.5 Å². The molecule has 7 nitrogen and oxygen atoms in total. The maximum absolute atomic E-state index is 4.15. The van der Waals surface area contributed by atoms with Crippen LogP contribution in [0.1, 0.15) is 11.5 Å². The zero-order chi connectivity index (χ0) is 10.7. The van der Waals surface area contributed by atoms with E-state index in [1.54, 1.807) is 15.7 Å². The van der Waals surface area contributed by atoms with Crippen LogP contribution in [0.25, 0.3) is 0 Å². The molecule has 0 fully saturated rings. The summed E-state index contributed by atoms with van der Waals surface area (Å²) in [7, 11) is 3.69. The van der Waals surface area contributed by atoms with Crippen molar-refractivity contribution >= 4 is 0 Å². The molecule has 80 valence electrons. The number of aromatic nitrogens is 6. The zero-order valence-corrected chi connectivity index (χ0v) is 8.75. The van der Waals surface area contributed by atoms with Crippen LogP contribution in [0.5, 0.6) is 0 Å². The highest BCUT2D eigenvalue weighted by atomic mass is 15.4. The van der Waals surface area contributed by atoms with Gasteiger partial charge in [0.1, 0.15) is 6.33 Å². The van der Waals surface area contributed by atoms with Gasteiger partial charge in [0.25, 0.3) is 0 Å². The van der Waals surface area contributed by atoms with Crippen molar-refractivity contribution < 1.29 is 0 Å². The maximum atomic E-state index is 4.15. The third-order valence-corrected chi connectivity index (χ3v) is 1.89. The molecule has 2 rings (SSSR count). The van der Waals surface area contributed by atoms with Gasteiger partial charge in [-0.1, -0.05) is 5.21 Å². The van der Waals surface area contributed by atoms with Crippen molar-refractivity contribution in [2.24, 2.45) is 14.1 Å². The molecule has 7 heteroatoms. The predicted octanol–water partition coefficient (Wildman–Crippen LogP) is -0.767. The highest BCUT2D eigenvalue weighted by Crippen LogP contribution is 1.92. The van der Waals surface area contributed by atoms with Gasteiger partial charge in [-0.3, -0.25) is 9.36 Å². The minimum atomic E-state index is 0.636. The summed E-state index contributed by atoms with van der Waals surface area (Å²) in [6.07, 6.45) is 3.55. The Morgan fingerprint density at radius 2 is 2.13 bits per heavy atom. The third kappa shape index (κ3) is 2.59. The van der Waals surface area contributed by atoms with Crippen LogP contribution in [-0.4, -0.2) is 29.8 Å².